The number of anilines is 1. The fourth-order valence-electron chi connectivity index (χ4n) is 4.06. The molecule has 3 N–H and O–H groups in total. The van der Waals surface area contributed by atoms with Crippen molar-refractivity contribution >= 4 is 16.9 Å². The maximum absolute atomic E-state index is 6.08. The van der Waals surface area contributed by atoms with Gasteiger partial charge in [0.2, 0.25) is 0 Å². The predicted octanol–water partition coefficient (Wildman–Crippen LogP) is 5.66. The van der Waals surface area contributed by atoms with E-state index in [1.807, 2.05) is 54.6 Å². The Morgan fingerprint density at radius 2 is 1.64 bits per heavy atom. The van der Waals surface area contributed by atoms with Crippen LogP contribution in [0.25, 0.3) is 22.3 Å². The Hall–Kier alpha value is -3.34. The normalized spacial score (nSPS) is 14.6. The van der Waals surface area contributed by atoms with E-state index in [0.29, 0.717) is 11.7 Å². The summed E-state index contributed by atoms with van der Waals surface area (Å²) in [7, 11) is 0. The number of hydrogen-bond donors (Lipinski definition) is 2. The Balaban J connectivity index is 1.51. The molecule has 1 aliphatic rings. The van der Waals surface area contributed by atoms with Crippen LogP contribution in [0.1, 0.15) is 37.2 Å². The van der Waals surface area contributed by atoms with Crippen molar-refractivity contribution in [3.05, 3.63) is 66.2 Å². The monoisotopic (exact) mass is 370 g/mol. The van der Waals surface area contributed by atoms with Crippen molar-refractivity contribution < 1.29 is 4.74 Å². The van der Waals surface area contributed by atoms with E-state index >= 15 is 0 Å². The molecular formula is C23H22N4O. The molecule has 0 atom stereocenters. The van der Waals surface area contributed by atoms with Gasteiger partial charge in [-0.25, -0.2) is 4.98 Å². The molecule has 1 saturated carbocycles. The van der Waals surface area contributed by atoms with Crippen LogP contribution in [0.15, 0.2) is 60.7 Å². The van der Waals surface area contributed by atoms with Gasteiger partial charge in [-0.05, 0) is 66.8 Å². The van der Waals surface area contributed by atoms with Gasteiger partial charge in [-0.1, -0.05) is 31.0 Å². The highest BCUT2D eigenvalue weighted by atomic mass is 16.5. The van der Waals surface area contributed by atoms with E-state index in [0.717, 1.165) is 33.8 Å². The van der Waals surface area contributed by atoms with Crippen LogP contribution >= 0.6 is 0 Å². The number of benzene rings is 2. The van der Waals surface area contributed by atoms with Crippen LogP contribution in [0.3, 0.4) is 0 Å². The number of H-pyrrole nitrogens is 1. The van der Waals surface area contributed by atoms with Gasteiger partial charge < -0.3 is 10.5 Å². The van der Waals surface area contributed by atoms with E-state index in [2.05, 4.69) is 16.3 Å². The summed E-state index contributed by atoms with van der Waals surface area (Å²) in [5, 5.41) is 7.28. The molecule has 0 spiro atoms. The van der Waals surface area contributed by atoms with Crippen LogP contribution in [0, 0.1) is 0 Å². The highest BCUT2D eigenvalue weighted by molar-refractivity contribution is 5.89. The van der Waals surface area contributed by atoms with Crippen LogP contribution in [-0.4, -0.2) is 15.2 Å². The minimum absolute atomic E-state index is 0.458. The molecule has 1 fully saturated rings. The number of aromatic nitrogens is 3. The van der Waals surface area contributed by atoms with Gasteiger partial charge in [0, 0.05) is 5.56 Å². The van der Waals surface area contributed by atoms with Crippen LogP contribution in [0.5, 0.6) is 11.5 Å². The summed E-state index contributed by atoms with van der Waals surface area (Å²) in [5.41, 5.74) is 11.1. The molecule has 4 aromatic rings. The third-order valence-electron chi connectivity index (χ3n) is 5.50. The Kier molecular flexibility index (Phi) is 4.20. The van der Waals surface area contributed by atoms with Crippen LogP contribution in [-0.2, 0) is 0 Å². The second kappa shape index (κ2) is 7.00. The highest BCUT2D eigenvalue weighted by Gasteiger charge is 2.22. The molecule has 1 aliphatic carbocycles. The number of aromatic amines is 1. The molecule has 28 heavy (non-hydrogen) atoms. The van der Waals surface area contributed by atoms with Crippen molar-refractivity contribution in [1.82, 2.24) is 15.2 Å². The van der Waals surface area contributed by atoms with E-state index in [9.17, 15) is 0 Å². The molecule has 2 heterocycles. The van der Waals surface area contributed by atoms with Gasteiger partial charge in [0.15, 0.2) is 5.82 Å². The molecule has 0 radical (unpaired) electrons. The molecule has 5 rings (SSSR count). The fourth-order valence-corrected chi connectivity index (χ4v) is 4.06. The zero-order valence-corrected chi connectivity index (χ0v) is 15.6. The van der Waals surface area contributed by atoms with Crippen molar-refractivity contribution in [3.63, 3.8) is 0 Å². The minimum atomic E-state index is 0.458. The zero-order chi connectivity index (χ0) is 18.9. The van der Waals surface area contributed by atoms with Crippen molar-refractivity contribution in [2.24, 2.45) is 0 Å². The number of pyridine rings is 1. The topological polar surface area (TPSA) is 76.8 Å². The van der Waals surface area contributed by atoms with E-state index < -0.39 is 0 Å². The molecule has 5 heteroatoms. The van der Waals surface area contributed by atoms with Crippen molar-refractivity contribution in [2.45, 2.75) is 31.6 Å². The lowest BCUT2D eigenvalue weighted by molar-refractivity contribution is 0.483. The predicted molar refractivity (Wildman–Crippen MR) is 111 cm³/mol. The number of para-hydroxylation sites is 1. The van der Waals surface area contributed by atoms with E-state index in [1.54, 1.807) is 0 Å². The summed E-state index contributed by atoms with van der Waals surface area (Å²) in [4.78, 5) is 4.79. The first-order valence-electron chi connectivity index (χ1n) is 9.76. The standard InChI is InChI=1S/C23H22N4O/c24-23-22-21(26-27-23)19(15-6-4-5-7-15)14-20(25-22)16-10-12-18(13-11-16)28-17-8-2-1-3-9-17/h1-3,8-15H,4-7H2,(H3,24,26,27). The second-order valence-corrected chi connectivity index (χ2v) is 7.35. The first-order valence-corrected chi connectivity index (χ1v) is 9.76. The average molecular weight is 370 g/mol. The molecule has 0 aliphatic heterocycles. The van der Waals surface area contributed by atoms with Crippen molar-refractivity contribution in [2.75, 3.05) is 5.73 Å². The SMILES string of the molecule is Nc1n[nH]c2c(C3CCCC3)cc(-c3ccc(Oc4ccccc4)cc3)nc12. The average Bonchev–Trinajstić information content (AvgIpc) is 3.39. The van der Waals surface area contributed by atoms with Crippen molar-refractivity contribution in [3.8, 4) is 22.8 Å². The first-order chi connectivity index (χ1) is 13.8. The van der Waals surface area contributed by atoms with Gasteiger partial charge in [-0.2, -0.15) is 5.10 Å². The molecule has 0 unspecified atom stereocenters. The zero-order valence-electron chi connectivity index (χ0n) is 15.6. The Morgan fingerprint density at radius 3 is 2.39 bits per heavy atom. The second-order valence-electron chi connectivity index (χ2n) is 7.35. The number of nitrogens with one attached hydrogen (secondary N) is 1. The summed E-state index contributed by atoms with van der Waals surface area (Å²) in [5.74, 6) is 2.63. The van der Waals surface area contributed by atoms with Gasteiger partial charge in [-0.3, -0.25) is 5.10 Å². The summed E-state index contributed by atoms with van der Waals surface area (Å²) >= 11 is 0. The van der Waals surface area contributed by atoms with E-state index in [4.69, 9.17) is 15.5 Å². The molecule has 0 bridgehead atoms. The van der Waals surface area contributed by atoms with Crippen LogP contribution < -0.4 is 10.5 Å². The third-order valence-corrected chi connectivity index (χ3v) is 5.50. The molecule has 5 nitrogen and oxygen atoms in total. The summed E-state index contributed by atoms with van der Waals surface area (Å²) in [6, 6.07) is 20.0. The van der Waals surface area contributed by atoms with Gasteiger partial charge in [-0.15, -0.1) is 0 Å². The Morgan fingerprint density at radius 1 is 0.929 bits per heavy atom. The lowest BCUT2D eigenvalue weighted by atomic mass is 9.95. The molecule has 140 valence electrons. The molecular weight excluding hydrogens is 348 g/mol. The molecule has 2 aromatic heterocycles. The van der Waals surface area contributed by atoms with Crippen LogP contribution in [0.2, 0.25) is 0 Å². The quantitative estimate of drug-likeness (QED) is 0.486. The number of hydrogen-bond acceptors (Lipinski definition) is 4. The van der Waals surface area contributed by atoms with Crippen molar-refractivity contribution in [1.29, 1.82) is 0 Å². The van der Waals surface area contributed by atoms with Gasteiger partial charge in [0.1, 0.15) is 17.0 Å². The number of nitrogen functional groups attached to an aromatic ring is 1. The smallest absolute Gasteiger partial charge is 0.171 e. The molecule has 0 amide bonds. The Labute approximate surface area is 163 Å². The summed E-state index contributed by atoms with van der Waals surface area (Å²) < 4.78 is 5.90. The summed E-state index contributed by atoms with van der Waals surface area (Å²) in [6.45, 7) is 0. The lowest BCUT2D eigenvalue weighted by Gasteiger charge is -2.13. The maximum Gasteiger partial charge on any atom is 0.171 e. The fraction of sp³-hybridized carbons (Fsp3) is 0.217. The first kappa shape index (κ1) is 16.8. The molecule has 2 aromatic carbocycles. The summed E-state index contributed by atoms with van der Waals surface area (Å²) in [6.07, 6.45) is 4.97. The number of nitrogens with two attached hydrogens (primary N) is 1. The highest BCUT2D eigenvalue weighted by Crippen LogP contribution is 2.39. The van der Waals surface area contributed by atoms with Gasteiger partial charge in [0.05, 0.1) is 11.2 Å². The van der Waals surface area contributed by atoms with E-state index in [1.165, 1.54) is 31.2 Å². The minimum Gasteiger partial charge on any atom is -0.457 e. The number of fused-ring (bicyclic) bond motifs is 1. The third kappa shape index (κ3) is 3.09. The van der Waals surface area contributed by atoms with Crippen LogP contribution in [0.4, 0.5) is 5.82 Å². The molecule has 0 saturated heterocycles. The van der Waals surface area contributed by atoms with Gasteiger partial charge >= 0.3 is 0 Å². The number of rotatable bonds is 4. The number of nitrogens with zero attached hydrogens (tertiary/aromatic N) is 2. The van der Waals surface area contributed by atoms with E-state index in [-0.39, 0.29) is 0 Å². The maximum atomic E-state index is 6.08. The van der Waals surface area contributed by atoms with Gasteiger partial charge in [0.25, 0.3) is 0 Å². The largest absolute Gasteiger partial charge is 0.457 e. The Bertz CT molecular complexity index is 1100. The lowest BCUT2D eigenvalue weighted by Crippen LogP contribution is -1.98. The number of ether oxygens (including phenoxy) is 1.